The normalized spacial score (nSPS) is 13.9. The van der Waals surface area contributed by atoms with E-state index in [0.717, 1.165) is 11.6 Å². The van der Waals surface area contributed by atoms with Gasteiger partial charge in [-0.15, -0.1) is 12.3 Å². The second-order valence-electron chi connectivity index (χ2n) is 10.7. The number of primary amides is 1. The number of benzene rings is 2. The minimum atomic E-state index is -3.65. The molecule has 1 aliphatic heterocycles. The SMILES string of the molecule is C#CCCN(C(=O)Nc1cc(C(N)=O)c(F)cc1F)C1CCN(Cc2ccc(Oc3ccc(S(=O)(=O)NCCOC)cc3)nc2)CC1. The van der Waals surface area contributed by atoms with E-state index < -0.39 is 39.2 Å². The zero-order valence-corrected chi connectivity index (χ0v) is 26.6. The number of urea groups is 1. The Morgan fingerprint density at radius 1 is 1.13 bits per heavy atom. The lowest BCUT2D eigenvalue weighted by molar-refractivity contribution is 0.0996. The van der Waals surface area contributed by atoms with Gasteiger partial charge in [0.25, 0.3) is 5.91 Å². The van der Waals surface area contributed by atoms with Crippen LogP contribution in [-0.4, -0.2) is 81.1 Å². The summed E-state index contributed by atoms with van der Waals surface area (Å²) in [5.74, 6) is 0.0498. The highest BCUT2D eigenvalue weighted by Gasteiger charge is 2.29. The third-order valence-electron chi connectivity index (χ3n) is 7.48. The lowest BCUT2D eigenvalue weighted by Crippen LogP contribution is -2.49. The topological polar surface area (TPSA) is 156 Å². The summed E-state index contributed by atoms with van der Waals surface area (Å²) in [6, 6.07) is 10.2. The Kier molecular flexibility index (Phi) is 12.2. The highest BCUT2D eigenvalue weighted by Crippen LogP contribution is 2.25. The number of terminal acetylenes is 1. The van der Waals surface area contributed by atoms with Crippen molar-refractivity contribution in [3.63, 3.8) is 0 Å². The number of likely N-dealkylation sites (tertiary alicyclic amines) is 1. The summed E-state index contributed by atoms with van der Waals surface area (Å²) >= 11 is 0. The number of hydrogen-bond donors (Lipinski definition) is 3. The van der Waals surface area contributed by atoms with Crippen molar-refractivity contribution < 1.29 is 36.3 Å². The molecular weight excluding hydrogens is 634 g/mol. The van der Waals surface area contributed by atoms with Gasteiger partial charge in [0, 0.05) is 70.6 Å². The van der Waals surface area contributed by atoms with E-state index in [2.05, 4.69) is 25.8 Å². The van der Waals surface area contributed by atoms with Crippen LogP contribution in [0.4, 0.5) is 19.3 Å². The molecule has 1 aromatic heterocycles. The summed E-state index contributed by atoms with van der Waals surface area (Å²) < 4.78 is 66.0. The first-order valence-corrected chi connectivity index (χ1v) is 16.2. The van der Waals surface area contributed by atoms with Crippen molar-refractivity contribution in [3.05, 3.63) is 77.5 Å². The van der Waals surface area contributed by atoms with E-state index in [-0.39, 0.29) is 42.7 Å². The number of nitrogens with two attached hydrogens (primary N) is 1. The standard InChI is InChI=1S/C32H36F2N6O6S/c1-3-4-14-40(32(42)38-29-18-26(31(35)41)27(33)19-28(29)34)23-11-15-39(16-12-23)21-22-5-10-30(36-20-22)46-24-6-8-25(9-7-24)47(43,44)37-13-17-45-2/h1,5-10,18-20,23,37H,4,11-17,21H2,2H3,(H2,35,41)(H,38,42). The molecule has 0 atom stereocenters. The minimum absolute atomic E-state index is 0.105. The summed E-state index contributed by atoms with van der Waals surface area (Å²) in [7, 11) is -2.17. The maximum Gasteiger partial charge on any atom is 0.322 e. The Morgan fingerprint density at radius 3 is 2.47 bits per heavy atom. The summed E-state index contributed by atoms with van der Waals surface area (Å²) in [5.41, 5.74) is 5.21. The number of piperidine rings is 1. The van der Waals surface area contributed by atoms with Crippen LogP contribution in [0.15, 0.2) is 59.6 Å². The molecule has 0 saturated carbocycles. The van der Waals surface area contributed by atoms with Gasteiger partial charge in [-0.25, -0.2) is 31.7 Å². The van der Waals surface area contributed by atoms with Crippen LogP contribution >= 0.6 is 0 Å². The largest absolute Gasteiger partial charge is 0.439 e. The number of sulfonamides is 1. The number of ether oxygens (including phenoxy) is 2. The molecule has 0 spiro atoms. The molecule has 0 bridgehead atoms. The van der Waals surface area contributed by atoms with Crippen LogP contribution in [0.25, 0.3) is 0 Å². The van der Waals surface area contributed by atoms with Gasteiger partial charge in [-0.2, -0.15) is 0 Å². The number of nitrogens with one attached hydrogen (secondary N) is 2. The molecule has 1 aliphatic rings. The summed E-state index contributed by atoms with van der Waals surface area (Å²) in [5, 5.41) is 2.43. The van der Waals surface area contributed by atoms with Gasteiger partial charge in [0.1, 0.15) is 17.4 Å². The van der Waals surface area contributed by atoms with E-state index in [4.69, 9.17) is 21.6 Å². The fraction of sp³-hybridized carbons (Fsp3) is 0.344. The number of methoxy groups -OCH3 is 1. The van der Waals surface area contributed by atoms with Crippen molar-refractivity contribution in [3.8, 4) is 24.0 Å². The number of rotatable bonds is 14. The molecule has 0 unspecified atom stereocenters. The van der Waals surface area contributed by atoms with Gasteiger partial charge in [-0.1, -0.05) is 6.07 Å². The molecule has 2 aromatic carbocycles. The number of carbonyl (C=O) groups is 2. The summed E-state index contributed by atoms with van der Waals surface area (Å²) in [6.07, 6.45) is 8.67. The number of pyridine rings is 1. The highest BCUT2D eigenvalue weighted by molar-refractivity contribution is 7.89. The van der Waals surface area contributed by atoms with E-state index in [1.807, 2.05) is 6.07 Å². The van der Waals surface area contributed by atoms with Gasteiger partial charge in [0.15, 0.2) is 0 Å². The molecule has 47 heavy (non-hydrogen) atoms. The third-order valence-corrected chi connectivity index (χ3v) is 8.95. The van der Waals surface area contributed by atoms with Gasteiger partial charge in [-0.3, -0.25) is 9.69 Å². The zero-order chi connectivity index (χ0) is 34.0. The molecule has 1 fully saturated rings. The molecule has 15 heteroatoms. The van der Waals surface area contributed by atoms with Crippen LogP contribution in [0.5, 0.6) is 11.6 Å². The lowest BCUT2D eigenvalue weighted by Gasteiger charge is -2.38. The van der Waals surface area contributed by atoms with Crippen molar-refractivity contribution in [2.24, 2.45) is 5.73 Å². The fourth-order valence-corrected chi connectivity index (χ4v) is 6.05. The second-order valence-corrected chi connectivity index (χ2v) is 12.5. The quantitative estimate of drug-likeness (QED) is 0.173. The molecular formula is C32H36F2N6O6S. The Hall–Kier alpha value is -4.62. The van der Waals surface area contributed by atoms with E-state index in [1.54, 1.807) is 24.4 Å². The third kappa shape index (κ3) is 9.69. The molecule has 2 heterocycles. The van der Waals surface area contributed by atoms with Crippen LogP contribution in [0.2, 0.25) is 0 Å². The van der Waals surface area contributed by atoms with E-state index in [9.17, 15) is 26.8 Å². The summed E-state index contributed by atoms with van der Waals surface area (Å²) in [6.45, 7) is 2.58. The maximum absolute atomic E-state index is 14.4. The highest BCUT2D eigenvalue weighted by atomic mass is 32.2. The monoisotopic (exact) mass is 670 g/mol. The molecule has 3 aromatic rings. The Balaban J connectivity index is 1.30. The minimum Gasteiger partial charge on any atom is -0.439 e. The molecule has 4 rings (SSSR count). The van der Waals surface area contributed by atoms with Gasteiger partial charge >= 0.3 is 6.03 Å². The maximum atomic E-state index is 14.4. The first-order chi connectivity index (χ1) is 22.5. The first-order valence-electron chi connectivity index (χ1n) is 14.7. The zero-order valence-electron chi connectivity index (χ0n) is 25.7. The average molecular weight is 671 g/mol. The predicted molar refractivity (Wildman–Crippen MR) is 170 cm³/mol. The van der Waals surface area contributed by atoms with E-state index in [1.165, 1.54) is 24.1 Å². The van der Waals surface area contributed by atoms with E-state index >= 15 is 0 Å². The lowest BCUT2D eigenvalue weighted by atomic mass is 10.0. The van der Waals surface area contributed by atoms with Gasteiger partial charge in [0.05, 0.1) is 22.8 Å². The van der Waals surface area contributed by atoms with Crippen molar-refractivity contribution in [1.29, 1.82) is 0 Å². The van der Waals surface area contributed by atoms with E-state index in [0.29, 0.717) is 50.2 Å². The van der Waals surface area contributed by atoms with Gasteiger partial charge < -0.3 is 25.4 Å². The van der Waals surface area contributed by atoms with Crippen molar-refractivity contribution in [1.82, 2.24) is 19.5 Å². The molecule has 1 saturated heterocycles. The molecule has 0 radical (unpaired) electrons. The number of aromatic nitrogens is 1. The molecule has 3 amide bonds. The second kappa shape index (κ2) is 16.3. The number of nitrogens with zero attached hydrogens (tertiary/aromatic N) is 3. The first kappa shape index (κ1) is 35.2. The number of halogens is 2. The number of anilines is 1. The van der Waals surface area contributed by atoms with Crippen LogP contribution in [-0.2, 0) is 21.3 Å². The Bertz CT molecular complexity index is 1690. The van der Waals surface area contributed by atoms with Crippen LogP contribution in [0.3, 0.4) is 0 Å². The van der Waals surface area contributed by atoms with Crippen molar-refractivity contribution in [2.45, 2.75) is 36.7 Å². The smallest absolute Gasteiger partial charge is 0.322 e. The number of amides is 3. The molecule has 250 valence electrons. The van der Waals surface area contributed by atoms with Crippen LogP contribution in [0.1, 0.15) is 35.2 Å². The fourth-order valence-electron chi connectivity index (χ4n) is 5.04. The Labute approximate surface area is 272 Å². The molecule has 12 nitrogen and oxygen atoms in total. The van der Waals surface area contributed by atoms with Crippen LogP contribution < -0.4 is 20.5 Å². The molecule has 4 N–H and O–H groups in total. The number of hydrogen-bond acceptors (Lipinski definition) is 8. The van der Waals surface area contributed by atoms with Gasteiger partial charge in [-0.05, 0) is 48.7 Å². The van der Waals surface area contributed by atoms with Gasteiger partial charge in [0.2, 0.25) is 15.9 Å². The van der Waals surface area contributed by atoms with Crippen molar-refractivity contribution in [2.75, 3.05) is 45.2 Å². The van der Waals surface area contributed by atoms with Crippen LogP contribution in [0, 0.1) is 24.0 Å². The number of carbonyl (C=O) groups excluding carboxylic acids is 2. The van der Waals surface area contributed by atoms with Crippen molar-refractivity contribution >= 4 is 27.6 Å². The predicted octanol–water partition coefficient (Wildman–Crippen LogP) is 3.70. The Morgan fingerprint density at radius 2 is 1.85 bits per heavy atom. The summed E-state index contributed by atoms with van der Waals surface area (Å²) in [4.78, 5) is 32.9. The average Bonchev–Trinajstić information content (AvgIpc) is 3.04. The molecule has 0 aliphatic carbocycles.